The molecule has 234 valence electrons. The fraction of sp³-hybridized carbons (Fsp3) is 0. The Morgan fingerprint density at radius 2 is 1.00 bits per heavy atom. The van der Waals surface area contributed by atoms with Crippen LogP contribution in [-0.2, 0) is 0 Å². The molecule has 0 radical (unpaired) electrons. The van der Waals surface area contributed by atoms with Crippen molar-refractivity contribution in [1.82, 2.24) is 15.0 Å². The van der Waals surface area contributed by atoms with Gasteiger partial charge >= 0.3 is 0 Å². The van der Waals surface area contributed by atoms with E-state index in [0.717, 1.165) is 66.1 Å². The number of para-hydroxylation sites is 2. The van der Waals surface area contributed by atoms with E-state index in [1.165, 1.54) is 0 Å². The van der Waals surface area contributed by atoms with Gasteiger partial charge in [0.2, 0.25) is 0 Å². The van der Waals surface area contributed by atoms with Crippen LogP contribution in [0.2, 0.25) is 0 Å². The first-order valence-electron chi connectivity index (χ1n) is 18.7. The summed E-state index contributed by atoms with van der Waals surface area (Å²) in [5, 5.41) is 4.03. The van der Waals surface area contributed by atoms with Gasteiger partial charge in [0.1, 0.15) is 22.3 Å². The first-order chi connectivity index (χ1) is 26.8. The molecule has 0 spiro atoms. The number of furan rings is 2. The average Bonchev–Trinajstić information content (AvgIpc) is 3.80. The second kappa shape index (κ2) is 11.4. The smallest absolute Gasteiger partial charge is 0.164 e. The maximum absolute atomic E-state index is 8.42. The van der Waals surface area contributed by atoms with Crippen molar-refractivity contribution in [3.8, 4) is 56.4 Å². The van der Waals surface area contributed by atoms with Crippen LogP contribution in [0.15, 0.2) is 173 Å². The Kier molecular flexibility index (Phi) is 5.35. The van der Waals surface area contributed by atoms with Gasteiger partial charge in [0.25, 0.3) is 0 Å². The molecule has 10 rings (SSSR count). The topological polar surface area (TPSA) is 65.0 Å². The summed E-state index contributed by atoms with van der Waals surface area (Å²) in [6, 6.07) is 41.4. The zero-order chi connectivity index (χ0) is 37.4. The number of hydrogen-bond acceptors (Lipinski definition) is 5. The molecule has 0 unspecified atom stereocenters. The zero-order valence-electron chi connectivity index (χ0n) is 31.4. The molecule has 0 saturated carbocycles. The lowest BCUT2D eigenvalue weighted by molar-refractivity contribution is 0.668. The van der Waals surface area contributed by atoms with Crippen LogP contribution >= 0.6 is 0 Å². The normalized spacial score (nSPS) is 13.0. The third-order valence-corrected chi connectivity index (χ3v) is 9.04. The van der Waals surface area contributed by atoms with Crippen molar-refractivity contribution < 1.29 is 15.7 Å². The van der Waals surface area contributed by atoms with E-state index in [-0.39, 0.29) is 29.7 Å². The van der Waals surface area contributed by atoms with Crippen molar-refractivity contribution in [3.05, 3.63) is 164 Å². The van der Waals surface area contributed by atoms with Crippen molar-refractivity contribution in [2.45, 2.75) is 0 Å². The SMILES string of the molecule is [2H]c1c([2H])c([2H])c(-c2ccc(-c3nc(-c4ccccc4)nc(-c4ccc5oc6cc(-c7cccc8c7oc7ccccc78)ccc6c5c4)n3)cc2)c([2H])c1[2H]. The Hall–Kier alpha value is -6.85. The van der Waals surface area contributed by atoms with E-state index in [4.69, 9.17) is 30.6 Å². The molecular formula is C45H27N3O2. The molecule has 0 fully saturated rings. The molecule has 7 aromatic carbocycles. The van der Waals surface area contributed by atoms with Crippen LogP contribution in [0.1, 0.15) is 6.85 Å². The summed E-state index contributed by atoms with van der Waals surface area (Å²) in [6.45, 7) is 0. The molecule has 0 amide bonds. The molecule has 5 nitrogen and oxygen atoms in total. The summed E-state index contributed by atoms with van der Waals surface area (Å²) in [4.78, 5) is 14.7. The minimum absolute atomic E-state index is 0.137. The van der Waals surface area contributed by atoms with E-state index in [9.17, 15) is 0 Å². The highest BCUT2D eigenvalue weighted by atomic mass is 16.3. The lowest BCUT2D eigenvalue weighted by Gasteiger charge is -2.09. The van der Waals surface area contributed by atoms with Gasteiger partial charge in [-0.05, 0) is 53.1 Å². The van der Waals surface area contributed by atoms with Gasteiger partial charge in [-0.3, -0.25) is 0 Å². The first kappa shape index (κ1) is 23.5. The molecule has 0 atom stereocenters. The quantitative estimate of drug-likeness (QED) is 0.186. The van der Waals surface area contributed by atoms with Crippen molar-refractivity contribution in [2.24, 2.45) is 0 Å². The highest BCUT2D eigenvalue weighted by molar-refractivity contribution is 6.11. The van der Waals surface area contributed by atoms with Crippen molar-refractivity contribution in [3.63, 3.8) is 0 Å². The maximum atomic E-state index is 8.42. The van der Waals surface area contributed by atoms with Crippen LogP contribution in [-0.4, -0.2) is 15.0 Å². The predicted octanol–water partition coefficient (Wildman–Crippen LogP) is 12.0. The Bertz CT molecular complexity index is 3130. The molecule has 0 bridgehead atoms. The third kappa shape index (κ3) is 4.75. The summed E-state index contributed by atoms with van der Waals surface area (Å²) in [7, 11) is 0. The predicted molar refractivity (Wildman–Crippen MR) is 202 cm³/mol. The van der Waals surface area contributed by atoms with Crippen LogP contribution < -0.4 is 0 Å². The van der Waals surface area contributed by atoms with Crippen molar-refractivity contribution in [2.75, 3.05) is 0 Å². The van der Waals surface area contributed by atoms with Crippen LogP contribution in [0.25, 0.3) is 100 Å². The van der Waals surface area contributed by atoms with Gasteiger partial charge in [0.05, 0.1) is 6.85 Å². The van der Waals surface area contributed by atoms with Gasteiger partial charge in [-0.2, -0.15) is 0 Å². The minimum Gasteiger partial charge on any atom is -0.456 e. The third-order valence-electron chi connectivity index (χ3n) is 9.04. The molecule has 0 aliphatic heterocycles. The van der Waals surface area contributed by atoms with Crippen LogP contribution in [0.3, 0.4) is 0 Å². The Morgan fingerprint density at radius 1 is 0.380 bits per heavy atom. The molecule has 10 aromatic rings. The number of rotatable bonds is 5. The van der Waals surface area contributed by atoms with E-state index in [1.807, 2.05) is 66.7 Å². The Labute approximate surface area is 294 Å². The molecular weight excluding hydrogens is 615 g/mol. The van der Waals surface area contributed by atoms with E-state index in [0.29, 0.717) is 28.6 Å². The Balaban J connectivity index is 1.06. The molecule has 0 aliphatic rings. The molecule has 0 aliphatic carbocycles. The highest BCUT2D eigenvalue weighted by Gasteiger charge is 2.17. The van der Waals surface area contributed by atoms with E-state index in [1.54, 1.807) is 24.3 Å². The first-order valence-corrected chi connectivity index (χ1v) is 16.2. The summed E-state index contributed by atoms with van der Waals surface area (Å²) in [5.74, 6) is 1.40. The zero-order valence-corrected chi connectivity index (χ0v) is 26.4. The number of benzene rings is 7. The second-order valence-electron chi connectivity index (χ2n) is 12.1. The minimum atomic E-state index is -0.426. The second-order valence-corrected chi connectivity index (χ2v) is 12.1. The highest BCUT2D eigenvalue weighted by Crippen LogP contribution is 2.39. The largest absolute Gasteiger partial charge is 0.456 e. The molecule has 0 saturated heterocycles. The van der Waals surface area contributed by atoms with Crippen molar-refractivity contribution in [1.29, 1.82) is 0 Å². The maximum Gasteiger partial charge on any atom is 0.164 e. The molecule has 3 aromatic heterocycles. The fourth-order valence-electron chi connectivity index (χ4n) is 6.59. The van der Waals surface area contributed by atoms with Crippen LogP contribution in [0.4, 0.5) is 0 Å². The van der Waals surface area contributed by atoms with Gasteiger partial charge in [-0.1, -0.05) is 127 Å². The number of nitrogens with zero attached hydrogens (tertiary/aromatic N) is 3. The van der Waals surface area contributed by atoms with Gasteiger partial charge in [-0.15, -0.1) is 0 Å². The molecule has 3 heterocycles. The molecule has 0 N–H and O–H groups in total. The summed E-state index contributed by atoms with van der Waals surface area (Å²) in [6.07, 6.45) is 0. The van der Waals surface area contributed by atoms with Gasteiger partial charge < -0.3 is 8.83 Å². The fourth-order valence-corrected chi connectivity index (χ4v) is 6.59. The molecule has 5 heteroatoms. The number of aromatic nitrogens is 3. The van der Waals surface area contributed by atoms with Gasteiger partial charge in [0.15, 0.2) is 17.5 Å². The summed E-state index contributed by atoms with van der Waals surface area (Å²) in [5.41, 5.74) is 8.07. The van der Waals surface area contributed by atoms with E-state index in [2.05, 4.69) is 42.5 Å². The monoisotopic (exact) mass is 646 g/mol. The average molecular weight is 647 g/mol. The van der Waals surface area contributed by atoms with Gasteiger partial charge in [0, 0.05) is 43.8 Å². The van der Waals surface area contributed by atoms with Crippen LogP contribution in [0.5, 0.6) is 0 Å². The summed E-state index contributed by atoms with van der Waals surface area (Å²) < 4.78 is 53.7. The van der Waals surface area contributed by atoms with E-state index >= 15 is 0 Å². The lowest BCUT2D eigenvalue weighted by atomic mass is 10.0. The number of hydrogen-bond donors (Lipinski definition) is 0. The lowest BCUT2D eigenvalue weighted by Crippen LogP contribution is -2.00. The molecule has 50 heavy (non-hydrogen) atoms. The number of fused-ring (bicyclic) bond motifs is 6. The van der Waals surface area contributed by atoms with Crippen LogP contribution in [0, 0.1) is 0 Å². The van der Waals surface area contributed by atoms with E-state index < -0.39 is 6.04 Å². The Morgan fingerprint density at radius 3 is 1.82 bits per heavy atom. The van der Waals surface area contributed by atoms with Gasteiger partial charge in [-0.25, -0.2) is 15.0 Å². The summed E-state index contributed by atoms with van der Waals surface area (Å²) >= 11 is 0. The standard InChI is InChI=1S/C45H27N3O2/c1-3-10-28(11-4-1)29-18-20-31(21-19-29)44-46-43(30-12-5-2-6-13-30)47-45(48-44)33-23-25-40-38(26-33)36-24-22-32(27-41(36)49-40)34-15-9-16-37-35-14-7-8-17-39(35)50-42(34)37/h1-27H/i1D,3D,4D,10D,11D. The van der Waals surface area contributed by atoms with Crippen molar-refractivity contribution >= 4 is 43.9 Å².